The lowest BCUT2D eigenvalue weighted by Crippen LogP contribution is -2.51. The number of hydrogen-bond donors (Lipinski definition) is 1. The van der Waals surface area contributed by atoms with Crippen LogP contribution in [0.15, 0.2) is 48.5 Å². The minimum absolute atomic E-state index is 0.107. The molecule has 1 N–H and O–H groups in total. The van der Waals surface area contributed by atoms with Crippen molar-refractivity contribution in [3.05, 3.63) is 65.5 Å². The molecule has 0 aliphatic carbocycles. The van der Waals surface area contributed by atoms with Crippen molar-refractivity contribution in [2.45, 2.75) is 39.8 Å². The average Bonchev–Trinajstić information content (AvgIpc) is 2.73. The minimum atomic E-state index is -3.96. The van der Waals surface area contributed by atoms with E-state index in [0.717, 1.165) is 34.2 Å². The highest BCUT2D eigenvalue weighted by molar-refractivity contribution is 7.92. The van der Waals surface area contributed by atoms with Crippen LogP contribution in [0.3, 0.4) is 0 Å². The highest BCUT2D eigenvalue weighted by atomic mass is 32.2. The molecule has 2 aromatic carbocycles. The van der Waals surface area contributed by atoms with Gasteiger partial charge in [0, 0.05) is 13.1 Å². The van der Waals surface area contributed by atoms with Crippen molar-refractivity contribution in [2.24, 2.45) is 0 Å². The Balaban J connectivity index is 2.38. The van der Waals surface area contributed by atoms with E-state index in [1.54, 1.807) is 6.92 Å². The number of halogens is 1. The van der Waals surface area contributed by atoms with Gasteiger partial charge in [-0.1, -0.05) is 48.9 Å². The normalized spacial score (nSPS) is 12.2. The Morgan fingerprint density at radius 3 is 2.41 bits per heavy atom. The van der Waals surface area contributed by atoms with Gasteiger partial charge in [0.05, 0.1) is 11.9 Å². The standard InChI is InChI=1S/C23H30FN3O4S/c1-5-13-25-23(29)18(3)26(15-19-10-8-9-17(2)14-19)22(28)16-27(32(4,30)31)21-12-7-6-11-20(21)24/h6-12,14,18H,5,13,15-16H2,1-4H3,(H,25,29). The fourth-order valence-electron chi connectivity index (χ4n) is 3.23. The topological polar surface area (TPSA) is 86.8 Å². The smallest absolute Gasteiger partial charge is 0.244 e. The molecule has 0 heterocycles. The van der Waals surface area contributed by atoms with Gasteiger partial charge in [-0.3, -0.25) is 13.9 Å². The second-order valence-corrected chi connectivity index (χ2v) is 9.61. The van der Waals surface area contributed by atoms with Gasteiger partial charge in [-0.05, 0) is 38.0 Å². The lowest BCUT2D eigenvalue weighted by Gasteiger charge is -2.31. The molecule has 0 saturated carbocycles. The van der Waals surface area contributed by atoms with E-state index in [1.807, 2.05) is 38.1 Å². The maximum Gasteiger partial charge on any atom is 0.244 e. The number of carbonyl (C=O) groups is 2. The fraction of sp³-hybridized carbons (Fsp3) is 0.391. The molecule has 9 heteroatoms. The van der Waals surface area contributed by atoms with Crippen molar-refractivity contribution >= 4 is 27.5 Å². The second kappa shape index (κ2) is 11.1. The lowest BCUT2D eigenvalue weighted by atomic mass is 10.1. The zero-order chi connectivity index (χ0) is 23.9. The molecule has 0 spiro atoms. The second-order valence-electron chi connectivity index (χ2n) is 7.70. The molecule has 0 radical (unpaired) electrons. The number of sulfonamides is 1. The van der Waals surface area contributed by atoms with Gasteiger partial charge in [0.1, 0.15) is 18.4 Å². The minimum Gasteiger partial charge on any atom is -0.354 e. The van der Waals surface area contributed by atoms with E-state index >= 15 is 0 Å². The van der Waals surface area contributed by atoms with Gasteiger partial charge in [-0.15, -0.1) is 0 Å². The van der Waals surface area contributed by atoms with Crippen LogP contribution in [0.1, 0.15) is 31.4 Å². The molecule has 32 heavy (non-hydrogen) atoms. The van der Waals surface area contributed by atoms with Gasteiger partial charge in [-0.2, -0.15) is 0 Å². The third-order valence-corrected chi connectivity index (χ3v) is 6.08. The van der Waals surface area contributed by atoms with Crippen molar-refractivity contribution < 1.29 is 22.4 Å². The first-order chi connectivity index (χ1) is 15.0. The van der Waals surface area contributed by atoms with Crippen LogP contribution in [0.4, 0.5) is 10.1 Å². The Labute approximate surface area is 189 Å². The van der Waals surface area contributed by atoms with Gasteiger partial charge in [0.25, 0.3) is 0 Å². The average molecular weight is 464 g/mol. The van der Waals surface area contributed by atoms with Crippen LogP contribution in [0.2, 0.25) is 0 Å². The SMILES string of the molecule is CCCNC(=O)C(C)N(Cc1cccc(C)c1)C(=O)CN(c1ccccc1F)S(C)(=O)=O. The number of para-hydroxylation sites is 1. The third kappa shape index (κ3) is 6.78. The summed E-state index contributed by atoms with van der Waals surface area (Å²) in [7, 11) is -3.96. The summed E-state index contributed by atoms with van der Waals surface area (Å²) in [6, 6.07) is 12.0. The number of nitrogens with one attached hydrogen (secondary N) is 1. The summed E-state index contributed by atoms with van der Waals surface area (Å²) in [4.78, 5) is 27.2. The molecule has 0 fully saturated rings. The molecule has 0 aliphatic heterocycles. The number of anilines is 1. The maximum atomic E-state index is 14.3. The van der Waals surface area contributed by atoms with E-state index < -0.39 is 34.3 Å². The molecule has 2 amide bonds. The quantitative estimate of drug-likeness (QED) is 0.587. The van der Waals surface area contributed by atoms with Crippen LogP contribution in [0.5, 0.6) is 0 Å². The molecule has 7 nitrogen and oxygen atoms in total. The Kier molecular flexibility index (Phi) is 8.77. The summed E-state index contributed by atoms with van der Waals surface area (Å²) in [6.07, 6.45) is 1.65. The summed E-state index contributed by atoms with van der Waals surface area (Å²) in [5.74, 6) is -1.71. The number of amides is 2. The predicted molar refractivity (Wildman–Crippen MR) is 123 cm³/mol. The number of hydrogen-bond acceptors (Lipinski definition) is 4. The highest BCUT2D eigenvalue weighted by Gasteiger charge is 2.30. The molecule has 1 atom stereocenters. The van der Waals surface area contributed by atoms with Crippen molar-refractivity contribution in [3.8, 4) is 0 Å². The monoisotopic (exact) mass is 463 g/mol. The molecule has 1 unspecified atom stereocenters. The van der Waals surface area contributed by atoms with Crippen LogP contribution in [-0.2, 0) is 26.2 Å². The Bertz CT molecular complexity index is 1060. The van der Waals surface area contributed by atoms with Crippen LogP contribution >= 0.6 is 0 Å². The first-order valence-electron chi connectivity index (χ1n) is 10.4. The van der Waals surface area contributed by atoms with Crippen LogP contribution in [0.25, 0.3) is 0 Å². The van der Waals surface area contributed by atoms with Crippen molar-refractivity contribution in [3.63, 3.8) is 0 Å². The summed E-state index contributed by atoms with van der Waals surface area (Å²) in [5.41, 5.74) is 1.56. The summed E-state index contributed by atoms with van der Waals surface area (Å²) >= 11 is 0. The van der Waals surface area contributed by atoms with Crippen molar-refractivity contribution in [2.75, 3.05) is 23.7 Å². The molecular weight excluding hydrogens is 433 g/mol. The molecule has 0 aromatic heterocycles. The van der Waals surface area contributed by atoms with Gasteiger partial charge in [-0.25, -0.2) is 12.8 Å². The van der Waals surface area contributed by atoms with E-state index in [0.29, 0.717) is 6.54 Å². The number of benzene rings is 2. The molecule has 174 valence electrons. The number of carbonyl (C=O) groups excluding carboxylic acids is 2. The van der Waals surface area contributed by atoms with Crippen molar-refractivity contribution in [1.82, 2.24) is 10.2 Å². The zero-order valence-electron chi connectivity index (χ0n) is 18.8. The third-order valence-electron chi connectivity index (χ3n) is 4.95. The molecular formula is C23H30FN3O4S. The van der Waals surface area contributed by atoms with Gasteiger partial charge >= 0.3 is 0 Å². The first kappa shape index (κ1) is 25.3. The molecule has 0 bridgehead atoms. The van der Waals surface area contributed by atoms with Gasteiger partial charge in [0.15, 0.2) is 0 Å². The number of nitrogens with zero attached hydrogens (tertiary/aromatic N) is 2. The largest absolute Gasteiger partial charge is 0.354 e. The van der Waals surface area contributed by atoms with E-state index in [1.165, 1.54) is 23.1 Å². The molecule has 2 rings (SSSR count). The fourth-order valence-corrected chi connectivity index (χ4v) is 4.08. The zero-order valence-corrected chi connectivity index (χ0v) is 19.7. The highest BCUT2D eigenvalue weighted by Crippen LogP contribution is 2.22. The summed E-state index contributed by atoms with van der Waals surface area (Å²) in [6.45, 7) is 5.36. The van der Waals surface area contributed by atoms with E-state index in [4.69, 9.17) is 0 Å². The van der Waals surface area contributed by atoms with Crippen LogP contribution < -0.4 is 9.62 Å². The van der Waals surface area contributed by atoms with E-state index in [9.17, 15) is 22.4 Å². The first-order valence-corrected chi connectivity index (χ1v) is 12.2. The van der Waals surface area contributed by atoms with E-state index in [-0.39, 0.29) is 18.1 Å². The van der Waals surface area contributed by atoms with Crippen LogP contribution in [-0.4, -0.2) is 50.5 Å². The summed E-state index contributed by atoms with van der Waals surface area (Å²) < 4.78 is 39.9. The van der Waals surface area contributed by atoms with Crippen LogP contribution in [0, 0.1) is 12.7 Å². The van der Waals surface area contributed by atoms with Crippen molar-refractivity contribution in [1.29, 1.82) is 0 Å². The Hall–Kier alpha value is -2.94. The Morgan fingerprint density at radius 1 is 1.12 bits per heavy atom. The maximum absolute atomic E-state index is 14.3. The summed E-state index contributed by atoms with van der Waals surface area (Å²) in [5, 5.41) is 2.76. The molecule has 0 saturated heterocycles. The lowest BCUT2D eigenvalue weighted by molar-refractivity contribution is -0.139. The van der Waals surface area contributed by atoms with Gasteiger partial charge < -0.3 is 10.2 Å². The molecule has 0 aliphatic rings. The molecule has 2 aromatic rings. The van der Waals surface area contributed by atoms with E-state index in [2.05, 4.69) is 5.32 Å². The van der Waals surface area contributed by atoms with Gasteiger partial charge in [0.2, 0.25) is 21.8 Å². The number of rotatable bonds is 10. The predicted octanol–water partition coefficient (Wildman–Crippen LogP) is 2.84. The Morgan fingerprint density at radius 2 is 1.81 bits per heavy atom. The number of aryl methyl sites for hydroxylation is 1.